The molecule has 0 aliphatic heterocycles. The molecule has 0 saturated carbocycles. The maximum absolute atomic E-state index is 11.9. The van der Waals surface area contributed by atoms with Gasteiger partial charge in [0.25, 0.3) is 0 Å². The second-order valence-corrected chi connectivity index (χ2v) is 15.5. The Morgan fingerprint density at radius 1 is 0.207 bits per heavy atom. The third-order valence-corrected chi connectivity index (χ3v) is 12.1. The Morgan fingerprint density at radius 2 is 0.397 bits per heavy atom. The van der Waals surface area contributed by atoms with Crippen molar-refractivity contribution in [1.82, 2.24) is 0 Å². The number of halogens is 2. The molecule has 2 bridgehead atoms. The van der Waals surface area contributed by atoms with Crippen LogP contribution in [0, 0.1) is 11.6 Å². The van der Waals surface area contributed by atoms with Crippen molar-refractivity contribution < 1.29 is 8.78 Å². The molecule has 274 valence electrons. The molecule has 0 unspecified atom stereocenters. The van der Waals surface area contributed by atoms with Gasteiger partial charge in [0, 0.05) is 11.8 Å². The summed E-state index contributed by atoms with van der Waals surface area (Å²) in [6, 6.07) is 71.5. The summed E-state index contributed by atoms with van der Waals surface area (Å²) in [4.78, 5) is 0. The second-order valence-electron chi connectivity index (χ2n) is 15.5. The van der Waals surface area contributed by atoms with Crippen molar-refractivity contribution in [2.75, 3.05) is 0 Å². The number of hydrogen-bond acceptors (Lipinski definition) is 0. The Balaban J connectivity index is 0.000000234. The van der Waals surface area contributed by atoms with Gasteiger partial charge in [0.1, 0.15) is 11.6 Å². The zero-order chi connectivity index (χ0) is 38.7. The van der Waals surface area contributed by atoms with E-state index in [-0.39, 0.29) is 23.5 Å². The zero-order valence-corrected chi connectivity index (χ0v) is 31.5. The molecule has 0 saturated heterocycles. The van der Waals surface area contributed by atoms with Crippen LogP contribution in [0.2, 0.25) is 0 Å². The predicted molar refractivity (Wildman–Crippen MR) is 239 cm³/mol. The van der Waals surface area contributed by atoms with E-state index in [0.717, 1.165) is 0 Å². The molecule has 58 heavy (non-hydrogen) atoms. The Hall–Kier alpha value is -7.16. The Morgan fingerprint density at radius 3 is 0.569 bits per heavy atom. The molecule has 0 nitrogen and oxygen atoms in total. The van der Waals surface area contributed by atoms with Gasteiger partial charge in [-0.15, -0.1) is 0 Å². The van der Waals surface area contributed by atoms with E-state index in [1.54, 1.807) is 36.4 Å². The van der Waals surface area contributed by atoms with Gasteiger partial charge in [-0.1, -0.05) is 109 Å². The summed E-state index contributed by atoms with van der Waals surface area (Å²) in [5, 5.41) is 15.8. The van der Waals surface area contributed by atoms with Crippen LogP contribution in [0.5, 0.6) is 0 Å². The van der Waals surface area contributed by atoms with Gasteiger partial charge < -0.3 is 0 Å². The van der Waals surface area contributed by atoms with Crippen LogP contribution in [0.4, 0.5) is 8.78 Å². The summed E-state index contributed by atoms with van der Waals surface area (Å²) in [5.41, 5.74) is 8.82. The summed E-state index contributed by atoms with van der Waals surface area (Å²) >= 11 is 0. The van der Waals surface area contributed by atoms with Crippen LogP contribution >= 0.6 is 0 Å². The van der Waals surface area contributed by atoms with Gasteiger partial charge in [-0.05, 0) is 195 Å². The van der Waals surface area contributed by atoms with Crippen molar-refractivity contribution >= 4 is 64.6 Å². The maximum Gasteiger partial charge on any atom is 0.123 e. The van der Waals surface area contributed by atoms with Crippen molar-refractivity contribution in [3.05, 3.63) is 251 Å². The van der Waals surface area contributed by atoms with E-state index < -0.39 is 0 Å². The highest BCUT2D eigenvalue weighted by Crippen LogP contribution is 2.58. The highest BCUT2D eigenvalue weighted by Gasteiger charge is 2.42. The van der Waals surface area contributed by atoms with Gasteiger partial charge >= 0.3 is 0 Å². The van der Waals surface area contributed by atoms with Crippen molar-refractivity contribution in [3.8, 4) is 0 Å². The summed E-state index contributed by atoms with van der Waals surface area (Å²) in [5.74, 6) is 0.0650. The highest BCUT2D eigenvalue weighted by molar-refractivity contribution is 6.03. The monoisotopic (exact) mass is 746 g/mol. The molecule has 0 atom stereocenters. The van der Waals surface area contributed by atoms with E-state index in [9.17, 15) is 8.78 Å². The third-order valence-electron chi connectivity index (χ3n) is 12.1. The lowest BCUT2D eigenvalue weighted by Crippen LogP contribution is -2.27. The van der Waals surface area contributed by atoms with E-state index in [1.165, 1.54) is 122 Å². The second kappa shape index (κ2) is 13.8. The molecule has 0 aromatic heterocycles. The molecule has 0 spiro atoms. The maximum atomic E-state index is 11.9. The average Bonchev–Trinajstić information content (AvgIpc) is 3.25. The van der Waals surface area contributed by atoms with Gasteiger partial charge in [-0.3, -0.25) is 0 Å². The van der Waals surface area contributed by atoms with E-state index >= 15 is 0 Å². The zero-order valence-electron chi connectivity index (χ0n) is 31.5. The molecular weight excluding hydrogens is 711 g/mol. The molecule has 0 amide bonds. The predicted octanol–water partition coefficient (Wildman–Crippen LogP) is 15.2. The molecule has 3 aliphatic rings. The highest BCUT2D eigenvalue weighted by atomic mass is 19.1. The molecule has 14 rings (SSSR count). The first-order valence-electron chi connectivity index (χ1n) is 19.8. The number of benzene rings is 11. The summed E-state index contributed by atoms with van der Waals surface area (Å²) in [7, 11) is 0. The fraction of sp³-hybridized carbons (Fsp3) is 0.0357. The molecule has 0 radical (unpaired) electrons. The first-order valence-corrected chi connectivity index (χ1v) is 19.8. The quantitative estimate of drug-likeness (QED) is 0.136. The van der Waals surface area contributed by atoms with Crippen molar-refractivity contribution in [3.63, 3.8) is 0 Å². The van der Waals surface area contributed by atoms with E-state index in [0.29, 0.717) is 0 Å². The Kier molecular flexibility index (Phi) is 8.11. The molecule has 11 aromatic carbocycles. The molecular formula is C56H36F2. The SMILES string of the molecule is Fc1ccccc1.Fc1ccccc1.c1ccc2cc3cc4c(cc3cc2c1)C1c2cc3cc5ccccc5cc3cc2C4c2cc3cc4ccccc4cc3cc21. The molecule has 0 heterocycles. The molecule has 3 aliphatic carbocycles. The minimum Gasteiger partial charge on any atom is -0.207 e. The molecule has 11 aromatic rings. The first kappa shape index (κ1) is 34.1. The van der Waals surface area contributed by atoms with E-state index in [2.05, 4.69) is 146 Å². The summed E-state index contributed by atoms with van der Waals surface area (Å²) < 4.78 is 23.8. The van der Waals surface area contributed by atoms with Crippen LogP contribution < -0.4 is 0 Å². The van der Waals surface area contributed by atoms with Crippen LogP contribution in [0.15, 0.2) is 206 Å². The van der Waals surface area contributed by atoms with Crippen LogP contribution in [0.25, 0.3) is 64.6 Å². The standard InChI is InChI=1S/C44H26.2C6H5F/c1-2-8-26-14-32-20-38-37(19-31(32)13-25(26)7-1)43-39-21-33-15-27-9-3-5-11-29(27)17-35(33)23-41(39)44(38)42-24-36-18-30-12-6-4-10-28(30)16-34(36)22-40(42)43;2*7-6-4-2-1-3-5-6/h1-24,43-44H;2*1-5H. The minimum absolute atomic E-state index is 0.178. The number of fused-ring (bicyclic) bond motifs is 6. The molecule has 0 fully saturated rings. The largest absolute Gasteiger partial charge is 0.207 e. The van der Waals surface area contributed by atoms with Gasteiger partial charge in [0.15, 0.2) is 0 Å². The Labute approximate surface area is 335 Å². The average molecular weight is 747 g/mol. The van der Waals surface area contributed by atoms with Crippen molar-refractivity contribution in [2.45, 2.75) is 11.8 Å². The third kappa shape index (κ3) is 5.88. The summed E-state index contributed by atoms with van der Waals surface area (Å²) in [6.45, 7) is 0. The van der Waals surface area contributed by atoms with E-state index in [4.69, 9.17) is 0 Å². The van der Waals surface area contributed by atoms with Gasteiger partial charge in [-0.25, -0.2) is 8.78 Å². The normalized spacial score (nSPS) is 14.7. The number of hydrogen-bond donors (Lipinski definition) is 0. The summed E-state index contributed by atoms with van der Waals surface area (Å²) in [6.07, 6.45) is 0. The van der Waals surface area contributed by atoms with Crippen LogP contribution in [0.1, 0.15) is 45.2 Å². The number of rotatable bonds is 0. The minimum atomic E-state index is -0.178. The van der Waals surface area contributed by atoms with Gasteiger partial charge in [-0.2, -0.15) is 0 Å². The van der Waals surface area contributed by atoms with Crippen LogP contribution in [0.3, 0.4) is 0 Å². The molecule has 2 heteroatoms. The van der Waals surface area contributed by atoms with Crippen LogP contribution in [-0.2, 0) is 0 Å². The van der Waals surface area contributed by atoms with Crippen LogP contribution in [-0.4, -0.2) is 0 Å². The Bertz CT molecular complexity index is 2840. The topological polar surface area (TPSA) is 0 Å². The lowest BCUT2D eigenvalue weighted by atomic mass is 9.60. The lowest BCUT2D eigenvalue weighted by Gasteiger charge is -2.43. The van der Waals surface area contributed by atoms with Gasteiger partial charge in [0.2, 0.25) is 0 Å². The lowest BCUT2D eigenvalue weighted by molar-refractivity contribution is 0.627. The van der Waals surface area contributed by atoms with Crippen molar-refractivity contribution in [1.29, 1.82) is 0 Å². The van der Waals surface area contributed by atoms with E-state index in [1.807, 2.05) is 0 Å². The van der Waals surface area contributed by atoms with Gasteiger partial charge in [0.05, 0.1) is 0 Å². The smallest absolute Gasteiger partial charge is 0.123 e. The van der Waals surface area contributed by atoms with Crippen molar-refractivity contribution in [2.24, 2.45) is 0 Å². The molecule has 0 N–H and O–H groups in total. The fourth-order valence-corrected chi connectivity index (χ4v) is 9.42. The first-order chi connectivity index (χ1) is 28.5. The fourth-order valence-electron chi connectivity index (χ4n) is 9.42.